The predicted octanol–water partition coefficient (Wildman–Crippen LogP) is 5.25. The molecular formula is C28H23N3O5. The fraction of sp³-hybridized carbons (Fsp3) is 0.0714. The highest BCUT2D eigenvalue weighted by molar-refractivity contribution is 6.05. The van der Waals surface area contributed by atoms with Crippen LogP contribution in [0.5, 0.6) is 0 Å². The monoisotopic (exact) mass is 481 g/mol. The highest BCUT2D eigenvalue weighted by Crippen LogP contribution is 2.25. The van der Waals surface area contributed by atoms with Crippen molar-refractivity contribution in [2.24, 2.45) is 0 Å². The van der Waals surface area contributed by atoms with Crippen molar-refractivity contribution in [3.8, 4) is 11.3 Å². The normalized spacial score (nSPS) is 11.1. The van der Waals surface area contributed by atoms with Crippen LogP contribution in [-0.2, 0) is 11.3 Å². The van der Waals surface area contributed by atoms with Crippen molar-refractivity contribution >= 4 is 23.6 Å². The van der Waals surface area contributed by atoms with Crippen molar-refractivity contribution in [1.29, 1.82) is 0 Å². The van der Waals surface area contributed by atoms with Gasteiger partial charge in [0.2, 0.25) is 0 Å². The van der Waals surface area contributed by atoms with Crippen molar-refractivity contribution in [3.63, 3.8) is 0 Å². The molecule has 3 aromatic carbocycles. The lowest BCUT2D eigenvalue weighted by Gasteiger charge is -2.11. The lowest BCUT2D eigenvalue weighted by molar-refractivity contribution is -0.384. The number of rotatable bonds is 8. The smallest absolute Gasteiger partial charge is 0.269 e. The van der Waals surface area contributed by atoms with Crippen LogP contribution in [0.15, 0.2) is 101 Å². The van der Waals surface area contributed by atoms with Gasteiger partial charge in [0.05, 0.1) is 4.92 Å². The first-order valence-corrected chi connectivity index (χ1v) is 11.2. The zero-order chi connectivity index (χ0) is 25.5. The lowest BCUT2D eigenvalue weighted by atomic mass is 10.1. The first-order chi connectivity index (χ1) is 17.4. The van der Waals surface area contributed by atoms with Crippen molar-refractivity contribution in [2.75, 3.05) is 0 Å². The fourth-order valence-corrected chi connectivity index (χ4v) is 3.41. The summed E-state index contributed by atoms with van der Waals surface area (Å²) in [4.78, 5) is 36.3. The Bertz CT molecular complexity index is 1410. The average molecular weight is 482 g/mol. The molecule has 0 atom stereocenters. The number of hydrogen-bond donors (Lipinski definition) is 2. The van der Waals surface area contributed by atoms with E-state index in [0.717, 1.165) is 11.1 Å². The number of nitrogens with one attached hydrogen (secondary N) is 2. The van der Waals surface area contributed by atoms with Gasteiger partial charge < -0.3 is 15.1 Å². The van der Waals surface area contributed by atoms with E-state index in [2.05, 4.69) is 10.6 Å². The first-order valence-electron chi connectivity index (χ1n) is 11.2. The van der Waals surface area contributed by atoms with Crippen LogP contribution in [0.4, 0.5) is 5.69 Å². The van der Waals surface area contributed by atoms with E-state index in [1.807, 2.05) is 49.4 Å². The van der Waals surface area contributed by atoms with Crippen LogP contribution < -0.4 is 10.6 Å². The van der Waals surface area contributed by atoms with E-state index in [0.29, 0.717) is 22.6 Å². The molecular weight excluding hydrogens is 458 g/mol. The number of carbonyl (C=O) groups excluding carboxylic acids is 2. The number of nitro benzene ring substituents is 1. The van der Waals surface area contributed by atoms with Crippen LogP contribution in [0.1, 0.15) is 27.2 Å². The van der Waals surface area contributed by atoms with Gasteiger partial charge in [-0.05, 0) is 48.9 Å². The SMILES string of the molecule is Cc1ccc(C(=O)N/C(=C/c2ccc(-c3ccc([N+](=O)[O-])cc3)o2)C(=O)NCc2ccccc2)cc1. The van der Waals surface area contributed by atoms with Gasteiger partial charge in [-0.2, -0.15) is 0 Å². The van der Waals surface area contributed by atoms with E-state index in [1.54, 1.807) is 36.4 Å². The second-order valence-electron chi connectivity index (χ2n) is 8.05. The van der Waals surface area contributed by atoms with Crippen LogP contribution in [0.3, 0.4) is 0 Å². The number of non-ortho nitro benzene ring substituents is 1. The minimum Gasteiger partial charge on any atom is -0.457 e. The number of aryl methyl sites for hydroxylation is 1. The summed E-state index contributed by atoms with van der Waals surface area (Å²) in [5.74, 6) is -0.117. The molecule has 0 saturated heterocycles. The summed E-state index contributed by atoms with van der Waals surface area (Å²) in [5, 5.41) is 16.4. The largest absolute Gasteiger partial charge is 0.457 e. The molecule has 0 saturated carbocycles. The van der Waals surface area contributed by atoms with E-state index in [9.17, 15) is 19.7 Å². The van der Waals surface area contributed by atoms with Crippen LogP contribution in [-0.4, -0.2) is 16.7 Å². The van der Waals surface area contributed by atoms with E-state index in [1.165, 1.54) is 18.2 Å². The summed E-state index contributed by atoms with van der Waals surface area (Å²) >= 11 is 0. The maximum absolute atomic E-state index is 13.0. The molecule has 0 fully saturated rings. The molecule has 1 aromatic heterocycles. The Labute approximate surface area is 207 Å². The van der Waals surface area contributed by atoms with Crippen LogP contribution in [0.2, 0.25) is 0 Å². The topological polar surface area (TPSA) is 114 Å². The molecule has 8 heteroatoms. The standard InChI is InChI=1S/C28H23N3O5/c1-19-7-9-22(10-8-19)27(32)30-25(28(33)29-18-20-5-3-2-4-6-20)17-24-15-16-26(36-24)21-11-13-23(14-12-21)31(34)35/h2-17H,18H2,1H3,(H,29,33)(H,30,32)/b25-17+. The summed E-state index contributed by atoms with van der Waals surface area (Å²) < 4.78 is 5.84. The van der Waals surface area contributed by atoms with Gasteiger partial charge >= 0.3 is 0 Å². The molecule has 36 heavy (non-hydrogen) atoms. The summed E-state index contributed by atoms with van der Waals surface area (Å²) in [6.45, 7) is 2.20. The second-order valence-corrected chi connectivity index (χ2v) is 8.05. The molecule has 4 aromatic rings. The fourth-order valence-electron chi connectivity index (χ4n) is 3.41. The number of nitro groups is 1. The maximum Gasteiger partial charge on any atom is 0.269 e. The lowest BCUT2D eigenvalue weighted by Crippen LogP contribution is -2.34. The van der Waals surface area contributed by atoms with E-state index >= 15 is 0 Å². The number of benzene rings is 3. The molecule has 0 unspecified atom stereocenters. The molecule has 0 aliphatic rings. The summed E-state index contributed by atoms with van der Waals surface area (Å²) in [7, 11) is 0. The molecule has 0 radical (unpaired) electrons. The zero-order valence-corrected chi connectivity index (χ0v) is 19.4. The Balaban J connectivity index is 1.57. The minimum atomic E-state index is -0.479. The van der Waals surface area contributed by atoms with E-state index < -0.39 is 16.7 Å². The predicted molar refractivity (Wildman–Crippen MR) is 136 cm³/mol. The molecule has 1 heterocycles. The van der Waals surface area contributed by atoms with Crippen molar-refractivity contribution < 1.29 is 18.9 Å². The van der Waals surface area contributed by atoms with Gasteiger partial charge in [0.1, 0.15) is 17.2 Å². The Morgan fingerprint density at radius 3 is 2.28 bits per heavy atom. The third kappa shape index (κ3) is 6.12. The summed E-state index contributed by atoms with van der Waals surface area (Å²) in [6.07, 6.45) is 1.45. The molecule has 4 rings (SSSR count). The molecule has 2 N–H and O–H groups in total. The van der Waals surface area contributed by atoms with E-state index in [4.69, 9.17) is 4.42 Å². The first kappa shape index (κ1) is 24.2. The Kier molecular flexibility index (Phi) is 7.36. The van der Waals surface area contributed by atoms with Crippen LogP contribution in [0.25, 0.3) is 17.4 Å². The van der Waals surface area contributed by atoms with Gasteiger partial charge in [0, 0.05) is 35.9 Å². The summed E-state index contributed by atoms with van der Waals surface area (Å²) in [5.41, 5.74) is 2.96. The number of amides is 2. The van der Waals surface area contributed by atoms with E-state index in [-0.39, 0.29) is 17.9 Å². The van der Waals surface area contributed by atoms with Gasteiger partial charge in [0.25, 0.3) is 17.5 Å². The average Bonchev–Trinajstić information content (AvgIpc) is 3.36. The van der Waals surface area contributed by atoms with Gasteiger partial charge in [-0.3, -0.25) is 19.7 Å². The van der Waals surface area contributed by atoms with Crippen molar-refractivity contribution in [1.82, 2.24) is 10.6 Å². The third-order valence-electron chi connectivity index (χ3n) is 5.38. The molecule has 0 aliphatic carbocycles. The number of furan rings is 1. The molecule has 180 valence electrons. The van der Waals surface area contributed by atoms with Crippen molar-refractivity contribution in [3.05, 3.63) is 129 Å². The van der Waals surface area contributed by atoms with Gasteiger partial charge in [-0.15, -0.1) is 0 Å². The Morgan fingerprint density at radius 1 is 0.917 bits per heavy atom. The molecule has 8 nitrogen and oxygen atoms in total. The highest BCUT2D eigenvalue weighted by Gasteiger charge is 2.16. The maximum atomic E-state index is 13.0. The number of hydrogen-bond acceptors (Lipinski definition) is 5. The summed E-state index contributed by atoms with van der Waals surface area (Å²) in [6, 6.07) is 25.7. The Hall–Kier alpha value is -4.98. The third-order valence-corrected chi connectivity index (χ3v) is 5.38. The van der Waals surface area contributed by atoms with Gasteiger partial charge in [-0.1, -0.05) is 48.0 Å². The van der Waals surface area contributed by atoms with Gasteiger partial charge in [-0.25, -0.2) is 0 Å². The minimum absolute atomic E-state index is 0.0149. The van der Waals surface area contributed by atoms with Crippen LogP contribution in [0, 0.1) is 17.0 Å². The van der Waals surface area contributed by atoms with Crippen molar-refractivity contribution in [2.45, 2.75) is 13.5 Å². The van der Waals surface area contributed by atoms with Gasteiger partial charge in [0.15, 0.2) is 0 Å². The molecule has 2 amide bonds. The quantitative estimate of drug-likeness (QED) is 0.203. The zero-order valence-electron chi connectivity index (χ0n) is 19.4. The number of nitrogens with zero attached hydrogens (tertiary/aromatic N) is 1. The molecule has 0 spiro atoms. The second kappa shape index (κ2) is 11.0. The number of carbonyl (C=O) groups is 2. The highest BCUT2D eigenvalue weighted by atomic mass is 16.6. The molecule has 0 bridgehead atoms. The Morgan fingerprint density at radius 2 is 1.61 bits per heavy atom. The molecule has 0 aliphatic heterocycles. The van der Waals surface area contributed by atoms with Crippen LogP contribution >= 0.6 is 0 Å².